The summed E-state index contributed by atoms with van der Waals surface area (Å²) in [5, 5.41) is 4.30. The van der Waals surface area contributed by atoms with Gasteiger partial charge in [0.25, 0.3) is 0 Å². The highest BCUT2D eigenvalue weighted by atomic mass is 15.3. The molecule has 1 aromatic rings. The Labute approximate surface area is 85.3 Å². The number of aromatic nitrogens is 2. The molecule has 1 aliphatic rings. The minimum Gasteiger partial charge on any atom is -0.382 e. The van der Waals surface area contributed by atoms with Crippen LogP contribution in [0.25, 0.3) is 0 Å². The molecule has 14 heavy (non-hydrogen) atoms. The van der Waals surface area contributed by atoms with Crippen LogP contribution < -0.4 is 5.73 Å². The lowest BCUT2D eigenvalue weighted by Gasteiger charge is -2.28. The summed E-state index contributed by atoms with van der Waals surface area (Å²) in [5.74, 6) is 1.53. The highest BCUT2D eigenvalue weighted by molar-refractivity contribution is 5.24. The average Bonchev–Trinajstić information content (AvgIpc) is 2.65. The molecule has 0 spiro atoms. The third-order valence-corrected chi connectivity index (χ3v) is 3.34. The van der Waals surface area contributed by atoms with Crippen LogP contribution in [0.2, 0.25) is 0 Å². The first kappa shape index (κ1) is 9.56. The van der Waals surface area contributed by atoms with Crippen molar-refractivity contribution >= 4 is 5.82 Å². The minimum absolute atomic E-state index is 0.589. The van der Waals surface area contributed by atoms with Gasteiger partial charge in [-0.2, -0.15) is 5.10 Å². The number of hydrogen-bond donors (Lipinski definition) is 1. The van der Waals surface area contributed by atoms with Crippen LogP contribution in [0, 0.1) is 5.92 Å². The molecule has 0 bridgehead atoms. The maximum absolute atomic E-state index is 5.62. The fourth-order valence-corrected chi connectivity index (χ4v) is 2.43. The van der Waals surface area contributed by atoms with Gasteiger partial charge < -0.3 is 5.73 Å². The van der Waals surface area contributed by atoms with E-state index in [2.05, 4.69) is 16.7 Å². The Morgan fingerprint density at radius 2 is 2.43 bits per heavy atom. The molecule has 1 saturated carbocycles. The molecular weight excluding hydrogens is 174 g/mol. The van der Waals surface area contributed by atoms with E-state index < -0.39 is 0 Å². The maximum Gasteiger partial charge on any atom is 0.145 e. The third-order valence-electron chi connectivity index (χ3n) is 3.34. The van der Waals surface area contributed by atoms with Crippen LogP contribution in [-0.2, 0) is 0 Å². The van der Waals surface area contributed by atoms with Gasteiger partial charge in [0.2, 0.25) is 0 Å². The van der Waals surface area contributed by atoms with Crippen molar-refractivity contribution in [2.45, 2.75) is 45.1 Å². The lowest BCUT2D eigenvalue weighted by atomic mass is 9.84. The second kappa shape index (κ2) is 4.03. The predicted octanol–water partition coefficient (Wildman–Crippen LogP) is 2.61. The van der Waals surface area contributed by atoms with E-state index in [0.717, 1.165) is 5.92 Å². The van der Waals surface area contributed by atoms with Crippen LogP contribution in [0.5, 0.6) is 0 Å². The van der Waals surface area contributed by atoms with Crippen LogP contribution in [0.3, 0.4) is 0 Å². The Kier molecular flexibility index (Phi) is 2.75. The van der Waals surface area contributed by atoms with Crippen LogP contribution in [-0.4, -0.2) is 9.78 Å². The van der Waals surface area contributed by atoms with Crippen molar-refractivity contribution in [2.75, 3.05) is 5.73 Å². The summed E-state index contributed by atoms with van der Waals surface area (Å²) < 4.78 is 2.05. The first-order chi connectivity index (χ1) is 6.79. The molecule has 2 N–H and O–H groups in total. The van der Waals surface area contributed by atoms with Gasteiger partial charge in [-0.3, -0.25) is 4.68 Å². The minimum atomic E-state index is 0.589. The van der Waals surface area contributed by atoms with Gasteiger partial charge in [0.1, 0.15) is 5.82 Å². The Hall–Kier alpha value is -0.990. The van der Waals surface area contributed by atoms with Crippen molar-refractivity contribution in [1.29, 1.82) is 0 Å². The topological polar surface area (TPSA) is 43.8 Å². The van der Waals surface area contributed by atoms with Gasteiger partial charge in [-0.25, -0.2) is 0 Å². The molecule has 78 valence electrons. The highest BCUT2D eigenvalue weighted by Gasteiger charge is 2.22. The van der Waals surface area contributed by atoms with Crippen molar-refractivity contribution in [2.24, 2.45) is 5.92 Å². The molecule has 1 aliphatic carbocycles. The molecule has 1 fully saturated rings. The van der Waals surface area contributed by atoms with Crippen molar-refractivity contribution in [3.05, 3.63) is 12.3 Å². The van der Waals surface area contributed by atoms with Crippen molar-refractivity contribution in [3.63, 3.8) is 0 Å². The molecular formula is C11H19N3. The van der Waals surface area contributed by atoms with E-state index >= 15 is 0 Å². The smallest absolute Gasteiger partial charge is 0.145 e. The molecule has 0 amide bonds. The van der Waals surface area contributed by atoms with Gasteiger partial charge in [0, 0.05) is 6.20 Å². The molecule has 2 atom stereocenters. The van der Waals surface area contributed by atoms with E-state index in [-0.39, 0.29) is 0 Å². The second-order valence-corrected chi connectivity index (χ2v) is 4.32. The van der Waals surface area contributed by atoms with E-state index in [0.29, 0.717) is 11.9 Å². The van der Waals surface area contributed by atoms with Gasteiger partial charge in [0.05, 0.1) is 6.04 Å². The molecule has 0 aliphatic heterocycles. The first-order valence-electron chi connectivity index (χ1n) is 5.60. The summed E-state index contributed by atoms with van der Waals surface area (Å²) in [7, 11) is 0. The number of rotatable bonds is 2. The highest BCUT2D eigenvalue weighted by Crippen LogP contribution is 2.33. The van der Waals surface area contributed by atoms with Gasteiger partial charge >= 0.3 is 0 Å². The maximum atomic E-state index is 5.62. The van der Waals surface area contributed by atoms with Crippen molar-refractivity contribution in [3.8, 4) is 0 Å². The summed E-state index contributed by atoms with van der Waals surface area (Å²) in [5.41, 5.74) is 5.62. The Morgan fingerprint density at radius 3 is 3.07 bits per heavy atom. The van der Waals surface area contributed by atoms with Gasteiger partial charge in [-0.15, -0.1) is 0 Å². The van der Waals surface area contributed by atoms with Crippen molar-refractivity contribution < 1.29 is 0 Å². The molecule has 3 heteroatoms. The number of nitrogens with zero attached hydrogens (tertiary/aromatic N) is 2. The number of nitrogen functional groups attached to an aromatic ring is 1. The summed E-state index contributed by atoms with van der Waals surface area (Å²) in [6.07, 6.45) is 8.58. The Morgan fingerprint density at radius 1 is 1.57 bits per heavy atom. The lowest BCUT2D eigenvalue weighted by molar-refractivity contribution is 0.248. The predicted molar refractivity (Wildman–Crippen MR) is 57.9 cm³/mol. The van der Waals surface area contributed by atoms with Crippen LogP contribution in [0.4, 0.5) is 5.82 Å². The molecule has 2 unspecified atom stereocenters. The third kappa shape index (κ3) is 1.91. The zero-order valence-electron chi connectivity index (χ0n) is 8.82. The van der Waals surface area contributed by atoms with Crippen LogP contribution in [0.1, 0.15) is 45.1 Å². The quantitative estimate of drug-likeness (QED) is 0.784. The van der Waals surface area contributed by atoms with Gasteiger partial charge in [-0.1, -0.05) is 26.2 Å². The average molecular weight is 193 g/mol. The SMILES string of the molecule is CCC1CCCC(n2ccc(N)n2)C1. The van der Waals surface area contributed by atoms with Crippen LogP contribution >= 0.6 is 0 Å². The molecule has 1 aromatic heterocycles. The first-order valence-corrected chi connectivity index (χ1v) is 5.60. The van der Waals surface area contributed by atoms with E-state index in [4.69, 9.17) is 5.73 Å². The largest absolute Gasteiger partial charge is 0.382 e. The fourth-order valence-electron chi connectivity index (χ4n) is 2.43. The normalized spacial score (nSPS) is 27.8. The van der Waals surface area contributed by atoms with Crippen LogP contribution in [0.15, 0.2) is 12.3 Å². The molecule has 0 aromatic carbocycles. The monoisotopic (exact) mass is 193 g/mol. The molecule has 2 rings (SSSR count). The molecule has 1 heterocycles. The standard InChI is InChI=1S/C11H19N3/c1-2-9-4-3-5-10(8-9)14-7-6-11(12)13-14/h6-7,9-10H,2-5,8H2,1H3,(H2,12,13). The molecule has 0 saturated heterocycles. The Bertz CT molecular complexity index is 292. The van der Waals surface area contributed by atoms with E-state index in [1.165, 1.54) is 32.1 Å². The van der Waals surface area contributed by atoms with Gasteiger partial charge in [0.15, 0.2) is 0 Å². The van der Waals surface area contributed by atoms with Crippen molar-refractivity contribution in [1.82, 2.24) is 9.78 Å². The van der Waals surface area contributed by atoms with Gasteiger partial charge in [-0.05, 0) is 24.8 Å². The summed E-state index contributed by atoms with van der Waals surface area (Å²) in [6, 6.07) is 2.47. The molecule has 0 radical (unpaired) electrons. The second-order valence-electron chi connectivity index (χ2n) is 4.32. The number of nitrogens with two attached hydrogens (primary N) is 1. The summed E-state index contributed by atoms with van der Waals surface area (Å²) >= 11 is 0. The number of anilines is 1. The lowest BCUT2D eigenvalue weighted by Crippen LogP contribution is -2.19. The van der Waals surface area contributed by atoms with E-state index in [1.807, 2.05) is 12.3 Å². The Balaban J connectivity index is 2.04. The zero-order valence-corrected chi connectivity index (χ0v) is 8.82. The summed E-state index contributed by atoms with van der Waals surface area (Å²) in [6.45, 7) is 2.28. The number of hydrogen-bond acceptors (Lipinski definition) is 2. The van der Waals surface area contributed by atoms with E-state index in [9.17, 15) is 0 Å². The summed E-state index contributed by atoms with van der Waals surface area (Å²) in [4.78, 5) is 0. The molecule has 3 nitrogen and oxygen atoms in total. The van der Waals surface area contributed by atoms with E-state index in [1.54, 1.807) is 0 Å². The zero-order chi connectivity index (χ0) is 9.97. The fraction of sp³-hybridized carbons (Fsp3) is 0.727.